The van der Waals surface area contributed by atoms with E-state index in [2.05, 4.69) is 10.1 Å². The van der Waals surface area contributed by atoms with Gasteiger partial charge in [0.25, 0.3) is 0 Å². The highest BCUT2D eigenvalue weighted by molar-refractivity contribution is 7.99. The number of halogens is 3. The summed E-state index contributed by atoms with van der Waals surface area (Å²) in [4.78, 5) is 11.9. The van der Waals surface area contributed by atoms with Crippen molar-refractivity contribution in [2.75, 3.05) is 11.1 Å². The second-order valence-corrected chi connectivity index (χ2v) is 5.53. The number of anilines is 1. The van der Waals surface area contributed by atoms with Crippen LogP contribution in [0.4, 0.5) is 18.9 Å². The lowest BCUT2D eigenvalue weighted by Gasteiger charge is -2.11. The maximum Gasteiger partial charge on any atom is 0.387 e. The third-order valence-corrected chi connectivity index (χ3v) is 3.80. The summed E-state index contributed by atoms with van der Waals surface area (Å²) in [6.45, 7) is -2.96. The van der Waals surface area contributed by atoms with Gasteiger partial charge in [0.2, 0.25) is 5.91 Å². The van der Waals surface area contributed by atoms with E-state index in [4.69, 9.17) is 0 Å². The van der Waals surface area contributed by atoms with Crippen molar-refractivity contribution in [3.63, 3.8) is 0 Å². The molecular weight excluding hydrogens is 327 g/mol. The van der Waals surface area contributed by atoms with Gasteiger partial charge in [0.05, 0.1) is 11.4 Å². The Balaban J connectivity index is 1.84. The monoisotopic (exact) mass is 341 g/mol. The quantitative estimate of drug-likeness (QED) is 0.816. The van der Waals surface area contributed by atoms with Crippen LogP contribution in [0.2, 0.25) is 0 Å². The third-order valence-electron chi connectivity index (χ3n) is 2.79. The maximum absolute atomic E-state index is 12.8. The zero-order chi connectivity index (χ0) is 16.7. The Morgan fingerprint density at radius 3 is 2.52 bits per heavy atom. The van der Waals surface area contributed by atoms with Gasteiger partial charge in [-0.25, -0.2) is 4.39 Å². The van der Waals surface area contributed by atoms with E-state index in [0.717, 1.165) is 5.56 Å². The first-order chi connectivity index (χ1) is 11.0. The third kappa shape index (κ3) is 5.86. The van der Waals surface area contributed by atoms with Crippen LogP contribution >= 0.6 is 11.8 Å². The molecule has 0 aliphatic carbocycles. The predicted molar refractivity (Wildman–Crippen MR) is 84.3 cm³/mol. The van der Waals surface area contributed by atoms with Crippen molar-refractivity contribution in [2.24, 2.45) is 0 Å². The Labute approximate surface area is 135 Å². The molecule has 0 aliphatic rings. The number of ether oxygens (including phenoxy) is 1. The van der Waals surface area contributed by atoms with Gasteiger partial charge in [0, 0.05) is 5.75 Å². The molecule has 0 aliphatic heterocycles. The van der Waals surface area contributed by atoms with Crippen LogP contribution in [0.25, 0.3) is 0 Å². The average Bonchev–Trinajstić information content (AvgIpc) is 2.51. The summed E-state index contributed by atoms with van der Waals surface area (Å²) in [5.41, 5.74) is 1.09. The summed E-state index contributed by atoms with van der Waals surface area (Å²) in [6.07, 6.45) is 0. The molecule has 0 saturated carbocycles. The van der Waals surface area contributed by atoms with Crippen molar-refractivity contribution in [1.82, 2.24) is 0 Å². The highest BCUT2D eigenvalue weighted by Gasteiger charge is 2.11. The fourth-order valence-electron chi connectivity index (χ4n) is 1.80. The molecule has 0 radical (unpaired) electrons. The maximum atomic E-state index is 12.8. The molecule has 2 rings (SSSR count). The van der Waals surface area contributed by atoms with Crippen LogP contribution < -0.4 is 10.1 Å². The van der Waals surface area contributed by atoms with Crippen LogP contribution in [0, 0.1) is 5.82 Å². The van der Waals surface area contributed by atoms with Gasteiger partial charge >= 0.3 is 6.61 Å². The molecule has 122 valence electrons. The molecule has 2 aromatic rings. The van der Waals surface area contributed by atoms with E-state index < -0.39 is 6.61 Å². The number of alkyl halides is 2. The van der Waals surface area contributed by atoms with Gasteiger partial charge in [0.1, 0.15) is 11.6 Å². The number of benzene rings is 2. The number of hydrogen-bond donors (Lipinski definition) is 1. The van der Waals surface area contributed by atoms with Gasteiger partial charge in [-0.05, 0) is 29.8 Å². The lowest BCUT2D eigenvalue weighted by atomic mass is 10.2. The van der Waals surface area contributed by atoms with E-state index in [1.807, 2.05) is 0 Å². The highest BCUT2D eigenvalue weighted by atomic mass is 32.2. The number of carbonyl (C=O) groups is 1. The number of para-hydroxylation sites is 2. The minimum absolute atomic E-state index is 0.0839. The number of rotatable bonds is 7. The van der Waals surface area contributed by atoms with Gasteiger partial charge in [-0.15, -0.1) is 11.8 Å². The largest absolute Gasteiger partial charge is 0.433 e. The topological polar surface area (TPSA) is 38.3 Å². The molecule has 0 aromatic heterocycles. The van der Waals surface area contributed by atoms with Crippen LogP contribution in [0.3, 0.4) is 0 Å². The Hall–Kier alpha value is -2.15. The Morgan fingerprint density at radius 2 is 1.83 bits per heavy atom. The van der Waals surface area contributed by atoms with E-state index in [1.54, 1.807) is 18.2 Å². The van der Waals surface area contributed by atoms with Crippen LogP contribution in [-0.4, -0.2) is 18.3 Å². The molecule has 0 unspecified atom stereocenters. The minimum atomic E-state index is -2.96. The second-order valence-electron chi connectivity index (χ2n) is 4.54. The number of carbonyl (C=O) groups excluding carboxylic acids is 1. The summed E-state index contributed by atoms with van der Waals surface area (Å²) < 4.78 is 41.7. The molecule has 0 spiro atoms. The van der Waals surface area contributed by atoms with Crippen LogP contribution in [0.1, 0.15) is 5.56 Å². The Bertz CT molecular complexity index is 650. The summed E-state index contributed by atoms with van der Waals surface area (Å²) >= 11 is 1.34. The lowest BCUT2D eigenvalue weighted by Crippen LogP contribution is -2.15. The number of thioether (sulfide) groups is 1. The lowest BCUT2D eigenvalue weighted by molar-refractivity contribution is -0.113. The summed E-state index contributed by atoms with van der Waals surface area (Å²) in [6, 6.07) is 12.0. The first-order valence-corrected chi connectivity index (χ1v) is 7.86. The van der Waals surface area contributed by atoms with Crippen LogP contribution in [-0.2, 0) is 10.5 Å². The average molecular weight is 341 g/mol. The molecule has 0 fully saturated rings. The first-order valence-electron chi connectivity index (χ1n) is 6.70. The molecule has 7 heteroatoms. The van der Waals surface area contributed by atoms with Crippen molar-refractivity contribution in [3.8, 4) is 5.75 Å². The zero-order valence-electron chi connectivity index (χ0n) is 12.0. The summed E-state index contributed by atoms with van der Waals surface area (Å²) in [7, 11) is 0. The van der Waals surface area contributed by atoms with E-state index in [1.165, 1.54) is 42.1 Å². The molecule has 0 heterocycles. The van der Waals surface area contributed by atoms with Gasteiger partial charge < -0.3 is 10.1 Å². The van der Waals surface area contributed by atoms with Crippen molar-refractivity contribution in [2.45, 2.75) is 12.4 Å². The normalized spacial score (nSPS) is 10.6. The van der Waals surface area contributed by atoms with Crippen molar-refractivity contribution in [1.29, 1.82) is 0 Å². The fourth-order valence-corrected chi connectivity index (χ4v) is 2.58. The molecular formula is C16H14F3NO2S. The first kappa shape index (κ1) is 17.2. The molecule has 23 heavy (non-hydrogen) atoms. The molecule has 1 amide bonds. The molecule has 1 N–H and O–H groups in total. The predicted octanol–water partition coefficient (Wildman–Crippen LogP) is 4.30. The van der Waals surface area contributed by atoms with Crippen LogP contribution in [0.5, 0.6) is 5.75 Å². The molecule has 0 bridgehead atoms. The molecule has 3 nitrogen and oxygen atoms in total. The van der Waals surface area contributed by atoms with E-state index in [-0.39, 0.29) is 28.9 Å². The summed E-state index contributed by atoms with van der Waals surface area (Å²) in [5.74, 6) is -0.0440. The Morgan fingerprint density at radius 1 is 1.13 bits per heavy atom. The van der Waals surface area contributed by atoms with Gasteiger partial charge in [0.15, 0.2) is 0 Å². The number of hydrogen-bond acceptors (Lipinski definition) is 3. The molecule has 2 aromatic carbocycles. The van der Waals surface area contributed by atoms with Crippen molar-refractivity contribution < 1.29 is 22.7 Å². The van der Waals surface area contributed by atoms with E-state index in [0.29, 0.717) is 5.75 Å². The van der Waals surface area contributed by atoms with E-state index >= 15 is 0 Å². The number of nitrogens with one attached hydrogen (secondary N) is 1. The van der Waals surface area contributed by atoms with Crippen molar-refractivity contribution in [3.05, 3.63) is 59.9 Å². The Kier molecular flexibility index (Phi) is 6.34. The SMILES string of the molecule is O=C(CSCc1ccc(F)cc1)Nc1ccccc1OC(F)F. The van der Waals surface area contributed by atoms with Gasteiger partial charge in [-0.2, -0.15) is 8.78 Å². The molecule has 0 atom stereocenters. The minimum Gasteiger partial charge on any atom is -0.433 e. The van der Waals surface area contributed by atoms with E-state index in [9.17, 15) is 18.0 Å². The second kappa shape index (κ2) is 8.47. The van der Waals surface area contributed by atoms with Gasteiger partial charge in [-0.1, -0.05) is 24.3 Å². The van der Waals surface area contributed by atoms with Crippen molar-refractivity contribution >= 4 is 23.4 Å². The van der Waals surface area contributed by atoms with Gasteiger partial charge in [-0.3, -0.25) is 4.79 Å². The smallest absolute Gasteiger partial charge is 0.387 e. The standard InChI is InChI=1S/C16H14F3NO2S/c17-12-7-5-11(6-8-12)9-23-10-15(21)20-13-3-1-2-4-14(13)22-16(18)19/h1-8,16H,9-10H2,(H,20,21). The molecule has 0 saturated heterocycles. The highest BCUT2D eigenvalue weighted by Crippen LogP contribution is 2.25. The zero-order valence-corrected chi connectivity index (χ0v) is 12.8. The number of amides is 1. The summed E-state index contributed by atoms with van der Waals surface area (Å²) in [5, 5.41) is 2.53. The van der Waals surface area contributed by atoms with Crippen LogP contribution in [0.15, 0.2) is 48.5 Å². The fraction of sp³-hybridized carbons (Fsp3) is 0.188.